The topological polar surface area (TPSA) is 95.6 Å². The first kappa shape index (κ1) is 10.5. The molecule has 6 nitrogen and oxygen atoms in total. The zero-order valence-electron chi connectivity index (χ0n) is 7.73. The highest BCUT2D eigenvalue weighted by Gasteiger charge is 2.09. The molecule has 14 heavy (non-hydrogen) atoms. The Labute approximate surface area is 80.6 Å². The Bertz CT molecular complexity index is 308. The fraction of sp³-hybridized carbons (Fsp3) is 0.500. The molecule has 0 aliphatic carbocycles. The predicted molar refractivity (Wildman–Crippen MR) is 48.2 cm³/mol. The van der Waals surface area contributed by atoms with E-state index in [4.69, 9.17) is 14.6 Å². The van der Waals surface area contributed by atoms with Gasteiger partial charge in [-0.05, 0) is 13.3 Å². The largest absolute Gasteiger partial charge is 0.476 e. The lowest BCUT2D eigenvalue weighted by atomic mass is 10.3. The van der Waals surface area contributed by atoms with Crippen molar-refractivity contribution in [2.45, 2.75) is 19.4 Å². The van der Waals surface area contributed by atoms with Gasteiger partial charge < -0.3 is 19.9 Å². The summed E-state index contributed by atoms with van der Waals surface area (Å²) in [4.78, 5) is 14.1. The van der Waals surface area contributed by atoms with Gasteiger partial charge in [0.2, 0.25) is 0 Å². The Kier molecular flexibility index (Phi) is 3.47. The highest BCUT2D eigenvalue weighted by atomic mass is 16.4. The number of aromatic carboxylic acids is 1. The van der Waals surface area contributed by atoms with E-state index in [-0.39, 0.29) is 11.7 Å². The minimum absolute atomic E-state index is 0.135. The van der Waals surface area contributed by atoms with Gasteiger partial charge in [0.25, 0.3) is 6.01 Å². The third-order valence-electron chi connectivity index (χ3n) is 1.56. The number of hydrogen-bond donors (Lipinski definition) is 3. The summed E-state index contributed by atoms with van der Waals surface area (Å²) in [6, 6.07) is 0.156. The van der Waals surface area contributed by atoms with E-state index in [1.165, 1.54) is 0 Å². The minimum atomic E-state index is -1.13. The Hall–Kier alpha value is -1.56. The number of carboxylic acids is 1. The van der Waals surface area contributed by atoms with Gasteiger partial charge in [-0.3, -0.25) is 0 Å². The van der Waals surface area contributed by atoms with E-state index < -0.39 is 12.1 Å². The standard InChI is InChI=1S/C8H12N2O4/c1-5(11)2-3-9-8-10-6(4-14-8)7(12)13/h4-5,11H,2-3H2,1H3,(H,9,10)(H,12,13). The average molecular weight is 200 g/mol. The van der Waals surface area contributed by atoms with Crippen LogP contribution in [0.2, 0.25) is 0 Å². The number of oxazole rings is 1. The van der Waals surface area contributed by atoms with Crippen LogP contribution >= 0.6 is 0 Å². The maximum absolute atomic E-state index is 10.4. The van der Waals surface area contributed by atoms with Crippen LogP contribution < -0.4 is 5.32 Å². The molecule has 1 heterocycles. The monoisotopic (exact) mass is 200 g/mol. The van der Waals surface area contributed by atoms with Crippen molar-refractivity contribution in [2.24, 2.45) is 0 Å². The first-order valence-electron chi connectivity index (χ1n) is 4.20. The van der Waals surface area contributed by atoms with Gasteiger partial charge in [-0.1, -0.05) is 0 Å². The summed E-state index contributed by atoms with van der Waals surface area (Å²) >= 11 is 0. The summed E-state index contributed by atoms with van der Waals surface area (Å²) in [6.45, 7) is 2.15. The number of aliphatic hydroxyl groups excluding tert-OH is 1. The molecule has 1 atom stereocenters. The van der Waals surface area contributed by atoms with Crippen LogP contribution in [0.3, 0.4) is 0 Å². The fourth-order valence-electron chi connectivity index (χ4n) is 0.841. The number of rotatable bonds is 5. The van der Waals surface area contributed by atoms with Gasteiger partial charge in [-0.25, -0.2) is 4.79 Å². The van der Waals surface area contributed by atoms with Crippen molar-refractivity contribution in [1.29, 1.82) is 0 Å². The molecule has 0 aliphatic rings. The van der Waals surface area contributed by atoms with Crippen molar-refractivity contribution in [3.63, 3.8) is 0 Å². The lowest BCUT2D eigenvalue weighted by molar-refractivity contribution is 0.0690. The van der Waals surface area contributed by atoms with E-state index in [1.807, 2.05) is 0 Å². The molecule has 1 aromatic heterocycles. The van der Waals surface area contributed by atoms with E-state index in [1.54, 1.807) is 6.92 Å². The van der Waals surface area contributed by atoms with Gasteiger partial charge in [-0.2, -0.15) is 4.98 Å². The van der Waals surface area contributed by atoms with Crippen molar-refractivity contribution in [3.8, 4) is 0 Å². The SMILES string of the molecule is CC(O)CCNc1nc(C(=O)O)co1. The van der Waals surface area contributed by atoms with Crippen molar-refractivity contribution in [1.82, 2.24) is 4.98 Å². The molecule has 0 aliphatic heterocycles. The van der Waals surface area contributed by atoms with Crippen LogP contribution in [0.1, 0.15) is 23.8 Å². The van der Waals surface area contributed by atoms with Crippen molar-refractivity contribution >= 4 is 12.0 Å². The number of carbonyl (C=O) groups is 1. The number of aromatic nitrogens is 1. The van der Waals surface area contributed by atoms with Gasteiger partial charge in [0.1, 0.15) is 6.26 Å². The van der Waals surface area contributed by atoms with Crippen LogP contribution in [0, 0.1) is 0 Å². The lowest BCUT2D eigenvalue weighted by Crippen LogP contribution is -2.10. The molecule has 0 saturated carbocycles. The highest BCUT2D eigenvalue weighted by Crippen LogP contribution is 2.07. The second-order valence-corrected chi connectivity index (χ2v) is 2.91. The first-order valence-corrected chi connectivity index (χ1v) is 4.20. The van der Waals surface area contributed by atoms with Crippen LogP contribution in [-0.2, 0) is 0 Å². The summed E-state index contributed by atoms with van der Waals surface area (Å²) in [6.07, 6.45) is 1.20. The molecule has 0 bridgehead atoms. The van der Waals surface area contributed by atoms with Crippen LogP contribution in [0.15, 0.2) is 10.7 Å². The zero-order chi connectivity index (χ0) is 10.6. The average Bonchev–Trinajstić information content (AvgIpc) is 2.52. The third kappa shape index (κ3) is 3.06. The quantitative estimate of drug-likeness (QED) is 0.642. The van der Waals surface area contributed by atoms with E-state index >= 15 is 0 Å². The molecule has 0 aromatic carbocycles. The van der Waals surface area contributed by atoms with Crippen molar-refractivity contribution < 1.29 is 19.4 Å². The smallest absolute Gasteiger partial charge is 0.357 e. The number of nitrogens with one attached hydrogen (secondary N) is 1. The second-order valence-electron chi connectivity index (χ2n) is 2.91. The van der Waals surface area contributed by atoms with Crippen molar-refractivity contribution in [2.75, 3.05) is 11.9 Å². The number of anilines is 1. The molecule has 1 unspecified atom stereocenters. The molecule has 0 saturated heterocycles. The molecule has 0 spiro atoms. The fourth-order valence-corrected chi connectivity index (χ4v) is 0.841. The summed E-state index contributed by atoms with van der Waals surface area (Å²) in [5, 5.41) is 20.2. The summed E-state index contributed by atoms with van der Waals surface area (Å²) in [5.41, 5.74) is -0.135. The maximum atomic E-state index is 10.4. The van der Waals surface area contributed by atoms with Gasteiger partial charge in [0.05, 0.1) is 6.10 Å². The molecular formula is C8H12N2O4. The summed E-state index contributed by atoms with van der Waals surface area (Å²) < 4.78 is 4.82. The van der Waals surface area contributed by atoms with Crippen LogP contribution in [0.25, 0.3) is 0 Å². The number of nitrogens with zero attached hydrogens (tertiary/aromatic N) is 1. The molecule has 0 fully saturated rings. The Morgan fingerprint density at radius 3 is 3.00 bits per heavy atom. The lowest BCUT2D eigenvalue weighted by Gasteiger charge is -2.02. The predicted octanol–water partition coefficient (Wildman–Crippen LogP) is 0.556. The third-order valence-corrected chi connectivity index (χ3v) is 1.56. The number of carboxylic acid groups (broad SMARTS) is 1. The van der Waals surface area contributed by atoms with Crippen LogP contribution in [0.5, 0.6) is 0 Å². The molecule has 78 valence electrons. The van der Waals surface area contributed by atoms with Crippen LogP contribution in [-0.4, -0.2) is 33.8 Å². The molecule has 6 heteroatoms. The van der Waals surface area contributed by atoms with Gasteiger partial charge >= 0.3 is 5.97 Å². The molecule has 0 radical (unpaired) electrons. The number of hydrogen-bond acceptors (Lipinski definition) is 5. The Morgan fingerprint density at radius 2 is 2.50 bits per heavy atom. The zero-order valence-corrected chi connectivity index (χ0v) is 7.73. The van der Waals surface area contributed by atoms with E-state index in [2.05, 4.69) is 10.3 Å². The molecule has 1 rings (SSSR count). The normalized spacial score (nSPS) is 12.4. The highest BCUT2D eigenvalue weighted by molar-refractivity contribution is 5.85. The van der Waals surface area contributed by atoms with Gasteiger partial charge in [0, 0.05) is 6.54 Å². The number of aliphatic hydroxyl groups is 1. The van der Waals surface area contributed by atoms with Crippen molar-refractivity contribution in [3.05, 3.63) is 12.0 Å². The second kappa shape index (κ2) is 4.61. The van der Waals surface area contributed by atoms with Gasteiger partial charge in [-0.15, -0.1) is 0 Å². The molecular weight excluding hydrogens is 188 g/mol. The maximum Gasteiger partial charge on any atom is 0.357 e. The Balaban J connectivity index is 2.40. The van der Waals surface area contributed by atoms with Gasteiger partial charge in [0.15, 0.2) is 5.69 Å². The first-order chi connectivity index (χ1) is 6.59. The molecule has 1 aromatic rings. The Morgan fingerprint density at radius 1 is 1.79 bits per heavy atom. The summed E-state index contributed by atoms with van der Waals surface area (Å²) in [7, 11) is 0. The van der Waals surface area contributed by atoms with E-state index in [9.17, 15) is 4.79 Å². The van der Waals surface area contributed by atoms with E-state index in [0.717, 1.165) is 6.26 Å². The van der Waals surface area contributed by atoms with Crippen LogP contribution in [0.4, 0.5) is 6.01 Å². The molecule has 3 N–H and O–H groups in total. The van der Waals surface area contributed by atoms with E-state index in [0.29, 0.717) is 13.0 Å². The molecule has 0 amide bonds. The summed E-state index contributed by atoms with van der Waals surface area (Å²) in [5.74, 6) is -1.13. The minimum Gasteiger partial charge on any atom is -0.476 e.